The van der Waals surface area contributed by atoms with Crippen LogP contribution in [0, 0.1) is 0 Å². The molecule has 0 bridgehead atoms. The zero-order valence-electron chi connectivity index (χ0n) is 16.5. The number of hydrogen-bond acceptors (Lipinski definition) is 5. The third kappa shape index (κ3) is 4.33. The van der Waals surface area contributed by atoms with Crippen molar-refractivity contribution in [2.75, 3.05) is 25.4 Å². The van der Waals surface area contributed by atoms with E-state index in [4.69, 9.17) is 4.74 Å². The van der Waals surface area contributed by atoms with E-state index in [9.17, 15) is 18.0 Å². The Morgan fingerprint density at radius 1 is 0.967 bits per heavy atom. The molecule has 2 aliphatic heterocycles. The van der Waals surface area contributed by atoms with E-state index in [0.29, 0.717) is 32.5 Å². The molecule has 1 atom stereocenters. The van der Waals surface area contributed by atoms with E-state index in [1.165, 1.54) is 12.1 Å². The van der Waals surface area contributed by atoms with Crippen molar-refractivity contribution >= 4 is 21.8 Å². The molecule has 0 aromatic heterocycles. The molecular formula is C22H24N2O5S. The van der Waals surface area contributed by atoms with Gasteiger partial charge in [0.25, 0.3) is 0 Å². The number of ether oxygens (including phenoxy) is 1. The Bertz CT molecular complexity index is 1000. The Morgan fingerprint density at radius 2 is 1.57 bits per heavy atom. The average Bonchev–Trinajstić information content (AvgIpc) is 3.16. The molecule has 2 heterocycles. The van der Waals surface area contributed by atoms with Crippen LogP contribution in [-0.2, 0) is 19.4 Å². The number of benzene rings is 2. The molecule has 2 amide bonds. The average molecular weight is 429 g/mol. The molecule has 0 aliphatic carbocycles. The van der Waals surface area contributed by atoms with Crippen molar-refractivity contribution in [2.45, 2.75) is 29.9 Å². The predicted molar refractivity (Wildman–Crippen MR) is 110 cm³/mol. The van der Waals surface area contributed by atoms with E-state index >= 15 is 0 Å². The van der Waals surface area contributed by atoms with Crippen LogP contribution in [0.15, 0.2) is 65.6 Å². The van der Waals surface area contributed by atoms with Crippen LogP contribution in [0.4, 0.5) is 4.79 Å². The Hall–Kier alpha value is -2.87. The first-order valence-electron chi connectivity index (χ1n) is 10.0. The lowest BCUT2D eigenvalue weighted by molar-refractivity contribution is -0.129. The van der Waals surface area contributed by atoms with Gasteiger partial charge in [-0.25, -0.2) is 13.2 Å². The largest absolute Gasteiger partial charge is 0.439 e. The Kier molecular flexibility index (Phi) is 5.76. The van der Waals surface area contributed by atoms with Crippen LogP contribution in [0.5, 0.6) is 0 Å². The lowest BCUT2D eigenvalue weighted by atomic mass is 10.0. The quantitative estimate of drug-likeness (QED) is 0.731. The first kappa shape index (κ1) is 20.4. The van der Waals surface area contributed by atoms with Crippen molar-refractivity contribution in [2.24, 2.45) is 0 Å². The summed E-state index contributed by atoms with van der Waals surface area (Å²) in [5, 5.41) is 0. The number of hydrogen-bond donors (Lipinski definition) is 0. The minimum absolute atomic E-state index is 0.0130. The molecule has 0 radical (unpaired) electrons. The van der Waals surface area contributed by atoms with E-state index in [1.807, 2.05) is 30.3 Å². The third-order valence-electron chi connectivity index (χ3n) is 5.69. The van der Waals surface area contributed by atoms with Crippen LogP contribution in [0.1, 0.15) is 24.5 Å². The van der Waals surface area contributed by atoms with E-state index in [1.54, 1.807) is 28.0 Å². The van der Waals surface area contributed by atoms with E-state index < -0.39 is 21.5 Å². The topological polar surface area (TPSA) is 84.0 Å². The highest BCUT2D eigenvalue weighted by atomic mass is 32.2. The van der Waals surface area contributed by atoms with Crippen LogP contribution in [0.2, 0.25) is 0 Å². The van der Waals surface area contributed by atoms with Crippen LogP contribution < -0.4 is 0 Å². The summed E-state index contributed by atoms with van der Waals surface area (Å²) in [6, 6.07) is 17.6. The van der Waals surface area contributed by atoms with E-state index in [0.717, 1.165) is 5.56 Å². The van der Waals surface area contributed by atoms with Gasteiger partial charge in [0.2, 0.25) is 5.91 Å². The van der Waals surface area contributed by atoms with Crippen molar-refractivity contribution in [3.05, 3.63) is 66.2 Å². The summed E-state index contributed by atoms with van der Waals surface area (Å²) in [4.78, 5) is 28.4. The number of amides is 2. The number of nitrogens with zero attached hydrogens (tertiary/aromatic N) is 2. The second-order valence-corrected chi connectivity index (χ2v) is 9.61. The molecule has 4 rings (SSSR count). The number of likely N-dealkylation sites (tertiary alicyclic amines) is 1. The normalized spacial score (nSPS) is 20.3. The molecule has 7 nitrogen and oxygen atoms in total. The van der Waals surface area contributed by atoms with Gasteiger partial charge in [-0.3, -0.25) is 4.79 Å². The highest BCUT2D eigenvalue weighted by Crippen LogP contribution is 2.30. The Morgan fingerprint density at radius 3 is 2.20 bits per heavy atom. The number of carbonyl (C=O) groups is 2. The van der Waals surface area contributed by atoms with Gasteiger partial charge in [0.1, 0.15) is 11.9 Å². The zero-order valence-corrected chi connectivity index (χ0v) is 17.3. The SMILES string of the molecule is O=C(CS(=O)(=O)c1ccccc1)N1CCC(N2CC(c3ccccc3)OC2=O)CC1. The van der Waals surface area contributed by atoms with Gasteiger partial charge in [-0.05, 0) is 30.5 Å². The number of piperidine rings is 1. The monoisotopic (exact) mass is 428 g/mol. The van der Waals surface area contributed by atoms with E-state index in [2.05, 4.69) is 0 Å². The summed E-state index contributed by atoms with van der Waals surface area (Å²) >= 11 is 0. The molecule has 0 spiro atoms. The molecule has 0 N–H and O–H groups in total. The van der Waals surface area contributed by atoms with Crippen LogP contribution in [-0.4, -0.2) is 61.6 Å². The number of carbonyl (C=O) groups excluding carboxylic acids is 2. The van der Waals surface area contributed by atoms with Crippen LogP contribution in [0.3, 0.4) is 0 Å². The molecule has 2 saturated heterocycles. The van der Waals surface area contributed by atoms with Gasteiger partial charge >= 0.3 is 6.09 Å². The van der Waals surface area contributed by atoms with Crippen molar-refractivity contribution in [1.29, 1.82) is 0 Å². The van der Waals surface area contributed by atoms with Gasteiger partial charge in [-0.1, -0.05) is 48.5 Å². The van der Waals surface area contributed by atoms with Crippen molar-refractivity contribution in [1.82, 2.24) is 9.80 Å². The molecule has 2 aromatic carbocycles. The maximum atomic E-state index is 12.6. The summed E-state index contributed by atoms with van der Waals surface area (Å²) < 4.78 is 30.4. The Balaban J connectivity index is 1.33. The molecule has 0 saturated carbocycles. The maximum absolute atomic E-state index is 12.6. The molecule has 2 aliphatic rings. The van der Waals surface area contributed by atoms with Crippen molar-refractivity contribution in [3.8, 4) is 0 Å². The number of cyclic esters (lactones) is 1. The first-order valence-corrected chi connectivity index (χ1v) is 11.7. The standard InChI is InChI=1S/C22H24N2O5S/c25-21(16-30(27,28)19-9-5-2-6-10-19)23-13-11-18(12-14-23)24-15-20(29-22(24)26)17-7-3-1-4-8-17/h1-10,18,20H,11-16H2. The van der Waals surface area contributed by atoms with Gasteiger partial charge < -0.3 is 14.5 Å². The first-order chi connectivity index (χ1) is 14.4. The molecule has 2 fully saturated rings. The van der Waals surface area contributed by atoms with Crippen LogP contribution >= 0.6 is 0 Å². The minimum atomic E-state index is -3.66. The molecule has 1 unspecified atom stereocenters. The fourth-order valence-electron chi connectivity index (χ4n) is 4.01. The Labute approximate surface area is 176 Å². The summed E-state index contributed by atoms with van der Waals surface area (Å²) in [6.07, 6.45) is 0.594. The second kappa shape index (κ2) is 8.47. The van der Waals surface area contributed by atoms with E-state index in [-0.39, 0.29) is 23.1 Å². The summed E-state index contributed by atoms with van der Waals surface area (Å²) in [7, 11) is -3.66. The van der Waals surface area contributed by atoms with Gasteiger partial charge in [0.15, 0.2) is 9.84 Å². The maximum Gasteiger partial charge on any atom is 0.410 e. The highest BCUT2D eigenvalue weighted by Gasteiger charge is 2.38. The smallest absolute Gasteiger partial charge is 0.410 e. The molecule has 2 aromatic rings. The number of rotatable bonds is 5. The predicted octanol–water partition coefficient (Wildman–Crippen LogP) is 2.64. The minimum Gasteiger partial charge on any atom is -0.439 e. The van der Waals surface area contributed by atoms with Gasteiger partial charge in [0.05, 0.1) is 11.4 Å². The fraction of sp³-hybridized carbons (Fsp3) is 0.364. The van der Waals surface area contributed by atoms with Crippen molar-refractivity contribution in [3.63, 3.8) is 0 Å². The molecule has 30 heavy (non-hydrogen) atoms. The lowest BCUT2D eigenvalue weighted by Gasteiger charge is -2.35. The third-order valence-corrected chi connectivity index (χ3v) is 7.30. The number of sulfone groups is 1. The van der Waals surface area contributed by atoms with Gasteiger partial charge in [-0.15, -0.1) is 0 Å². The molecular weight excluding hydrogens is 404 g/mol. The fourth-order valence-corrected chi connectivity index (χ4v) is 5.26. The summed E-state index contributed by atoms with van der Waals surface area (Å²) in [6.45, 7) is 1.34. The summed E-state index contributed by atoms with van der Waals surface area (Å²) in [5.74, 6) is -0.938. The van der Waals surface area contributed by atoms with Gasteiger partial charge in [0, 0.05) is 19.1 Å². The summed E-state index contributed by atoms with van der Waals surface area (Å²) in [5.41, 5.74) is 0.965. The highest BCUT2D eigenvalue weighted by molar-refractivity contribution is 7.92. The lowest BCUT2D eigenvalue weighted by Crippen LogP contribution is -2.48. The zero-order chi connectivity index (χ0) is 21.1. The molecule has 8 heteroatoms. The van der Waals surface area contributed by atoms with Crippen LogP contribution in [0.25, 0.3) is 0 Å². The molecule has 158 valence electrons. The van der Waals surface area contributed by atoms with Crippen molar-refractivity contribution < 1.29 is 22.7 Å². The second-order valence-electron chi connectivity index (χ2n) is 7.62. The van der Waals surface area contributed by atoms with Gasteiger partial charge in [-0.2, -0.15) is 0 Å².